The van der Waals surface area contributed by atoms with E-state index in [9.17, 15) is 4.79 Å². The normalized spacial score (nSPS) is 11.0. The van der Waals surface area contributed by atoms with Crippen LogP contribution in [0.2, 0.25) is 0 Å². The van der Waals surface area contributed by atoms with Crippen LogP contribution < -0.4 is 15.0 Å². The Labute approximate surface area is 138 Å². The van der Waals surface area contributed by atoms with Crippen LogP contribution in [0.25, 0.3) is 21.2 Å². The van der Waals surface area contributed by atoms with Gasteiger partial charge in [0, 0.05) is 33.9 Å². The molecule has 0 amide bonds. The number of nitrogens with zero attached hydrogens (tertiary/aromatic N) is 1. The monoisotopic (exact) mass is 329 g/mol. The molecule has 3 rings (SSSR count). The molecule has 0 atom stereocenters. The van der Waals surface area contributed by atoms with E-state index in [4.69, 9.17) is 9.47 Å². The van der Waals surface area contributed by atoms with Crippen molar-refractivity contribution in [2.45, 2.75) is 13.8 Å². The number of pyridine rings is 1. The van der Waals surface area contributed by atoms with E-state index >= 15 is 0 Å². The summed E-state index contributed by atoms with van der Waals surface area (Å²) in [6.07, 6.45) is 1.88. The molecule has 4 nitrogen and oxygen atoms in total. The minimum atomic E-state index is 0.0270. The zero-order chi connectivity index (χ0) is 16.7. The highest BCUT2D eigenvalue weighted by Gasteiger charge is 2.15. The van der Waals surface area contributed by atoms with E-state index in [2.05, 4.69) is 0 Å². The van der Waals surface area contributed by atoms with Gasteiger partial charge >= 0.3 is 0 Å². The van der Waals surface area contributed by atoms with E-state index in [1.165, 1.54) is 0 Å². The topological polar surface area (TPSA) is 40.5 Å². The second-order valence-electron chi connectivity index (χ2n) is 5.56. The number of methoxy groups -OCH3 is 2. The molecule has 120 valence electrons. The van der Waals surface area contributed by atoms with Gasteiger partial charge in [0.15, 0.2) is 0 Å². The SMILES string of the molecule is COc1cc(-c2cn(C)c(=O)c3cc(C)sc23)cc(OC)c1C. The molecule has 2 aromatic heterocycles. The molecule has 0 unspecified atom stereocenters. The number of fused-ring (bicyclic) bond motifs is 1. The number of ether oxygens (including phenoxy) is 2. The first-order valence-corrected chi connectivity index (χ1v) is 8.10. The van der Waals surface area contributed by atoms with Crippen molar-refractivity contribution in [3.63, 3.8) is 0 Å². The highest BCUT2D eigenvalue weighted by atomic mass is 32.1. The summed E-state index contributed by atoms with van der Waals surface area (Å²) in [5, 5.41) is 0.756. The van der Waals surface area contributed by atoms with Gasteiger partial charge in [-0.1, -0.05) is 0 Å². The predicted molar refractivity (Wildman–Crippen MR) is 95.1 cm³/mol. The van der Waals surface area contributed by atoms with Crippen LogP contribution in [-0.4, -0.2) is 18.8 Å². The Kier molecular flexibility index (Phi) is 3.90. The smallest absolute Gasteiger partial charge is 0.259 e. The van der Waals surface area contributed by atoms with Gasteiger partial charge in [0.25, 0.3) is 5.56 Å². The Hall–Kier alpha value is -2.27. The molecule has 0 saturated heterocycles. The Morgan fingerprint density at radius 3 is 2.22 bits per heavy atom. The van der Waals surface area contributed by atoms with Gasteiger partial charge in [-0.3, -0.25) is 4.79 Å². The number of rotatable bonds is 3. The number of thiophene rings is 1. The van der Waals surface area contributed by atoms with Crippen LogP contribution in [0, 0.1) is 13.8 Å². The zero-order valence-electron chi connectivity index (χ0n) is 13.9. The van der Waals surface area contributed by atoms with Gasteiger partial charge in [0.2, 0.25) is 0 Å². The summed E-state index contributed by atoms with van der Waals surface area (Å²) in [7, 11) is 5.08. The van der Waals surface area contributed by atoms with Crippen molar-refractivity contribution in [1.29, 1.82) is 0 Å². The maximum absolute atomic E-state index is 12.3. The fraction of sp³-hybridized carbons (Fsp3) is 0.278. The van der Waals surface area contributed by atoms with Crippen LogP contribution in [-0.2, 0) is 7.05 Å². The third-order valence-electron chi connectivity index (χ3n) is 4.04. The van der Waals surface area contributed by atoms with E-state index < -0.39 is 0 Å². The molecule has 0 fully saturated rings. The van der Waals surface area contributed by atoms with Crippen molar-refractivity contribution in [2.24, 2.45) is 7.05 Å². The van der Waals surface area contributed by atoms with E-state index in [0.29, 0.717) is 0 Å². The minimum absolute atomic E-state index is 0.0270. The molecule has 0 saturated carbocycles. The number of hydrogen-bond donors (Lipinski definition) is 0. The second kappa shape index (κ2) is 5.74. The molecule has 0 aliphatic carbocycles. The van der Waals surface area contributed by atoms with Crippen LogP contribution in [0.4, 0.5) is 0 Å². The lowest BCUT2D eigenvalue weighted by molar-refractivity contribution is 0.389. The van der Waals surface area contributed by atoms with Crippen LogP contribution in [0.3, 0.4) is 0 Å². The molecule has 0 aliphatic heterocycles. The molecular formula is C18H19NO3S. The summed E-state index contributed by atoms with van der Waals surface area (Å²) < 4.78 is 13.6. The lowest BCUT2D eigenvalue weighted by Crippen LogP contribution is -2.15. The predicted octanol–water partition coefficient (Wildman–Crippen LogP) is 3.90. The molecule has 0 bridgehead atoms. The van der Waals surface area contributed by atoms with Gasteiger partial charge < -0.3 is 14.0 Å². The van der Waals surface area contributed by atoms with E-state index in [1.54, 1.807) is 37.2 Å². The van der Waals surface area contributed by atoms with Gasteiger partial charge in [-0.05, 0) is 37.6 Å². The molecule has 1 aromatic carbocycles. The van der Waals surface area contributed by atoms with Crippen molar-refractivity contribution < 1.29 is 9.47 Å². The first kappa shape index (κ1) is 15.6. The number of aromatic nitrogens is 1. The molecule has 5 heteroatoms. The molecule has 2 heterocycles. The summed E-state index contributed by atoms with van der Waals surface area (Å²) in [6.45, 7) is 3.98. The van der Waals surface area contributed by atoms with Crippen LogP contribution in [0.1, 0.15) is 10.4 Å². The largest absolute Gasteiger partial charge is 0.496 e. The van der Waals surface area contributed by atoms with E-state index in [-0.39, 0.29) is 5.56 Å². The van der Waals surface area contributed by atoms with Gasteiger partial charge in [0.1, 0.15) is 11.5 Å². The average molecular weight is 329 g/mol. The summed E-state index contributed by atoms with van der Waals surface area (Å²) in [4.78, 5) is 13.5. The summed E-state index contributed by atoms with van der Waals surface area (Å²) in [6, 6.07) is 5.94. The lowest BCUT2D eigenvalue weighted by Gasteiger charge is -2.14. The van der Waals surface area contributed by atoms with Crippen molar-refractivity contribution in [2.75, 3.05) is 14.2 Å². The standard InChI is InChI=1S/C18H19NO3S/c1-10-6-13-17(23-10)14(9-19(3)18(13)20)12-7-15(21-4)11(2)16(8-12)22-5/h6-9H,1-5H3. The molecule has 0 N–H and O–H groups in total. The first-order chi connectivity index (χ1) is 11.0. The quantitative estimate of drug-likeness (QED) is 0.732. The van der Waals surface area contributed by atoms with E-state index in [1.807, 2.05) is 38.2 Å². The number of benzene rings is 1. The fourth-order valence-corrected chi connectivity index (χ4v) is 3.86. The molecular weight excluding hydrogens is 310 g/mol. The Morgan fingerprint density at radius 2 is 1.65 bits per heavy atom. The van der Waals surface area contributed by atoms with E-state index in [0.717, 1.165) is 43.2 Å². The fourth-order valence-electron chi connectivity index (χ4n) is 2.82. The first-order valence-electron chi connectivity index (χ1n) is 7.29. The Bertz CT molecular complexity index is 928. The number of aryl methyl sites for hydroxylation is 2. The average Bonchev–Trinajstić information content (AvgIpc) is 2.93. The van der Waals surface area contributed by atoms with Crippen molar-refractivity contribution in [1.82, 2.24) is 4.57 Å². The summed E-state index contributed by atoms with van der Waals surface area (Å²) >= 11 is 1.63. The molecule has 0 spiro atoms. The summed E-state index contributed by atoms with van der Waals surface area (Å²) in [5.41, 5.74) is 2.98. The number of hydrogen-bond acceptors (Lipinski definition) is 4. The third-order valence-corrected chi connectivity index (χ3v) is 5.12. The molecule has 23 heavy (non-hydrogen) atoms. The maximum Gasteiger partial charge on any atom is 0.259 e. The van der Waals surface area contributed by atoms with Gasteiger partial charge in [-0.15, -0.1) is 11.3 Å². The van der Waals surface area contributed by atoms with Crippen LogP contribution in [0.15, 0.2) is 29.2 Å². The van der Waals surface area contributed by atoms with Gasteiger partial charge in [0.05, 0.1) is 19.6 Å². The summed E-state index contributed by atoms with van der Waals surface area (Å²) in [5.74, 6) is 1.55. The third kappa shape index (κ3) is 2.51. The van der Waals surface area contributed by atoms with Crippen LogP contribution >= 0.6 is 11.3 Å². The van der Waals surface area contributed by atoms with Gasteiger partial charge in [-0.2, -0.15) is 0 Å². The maximum atomic E-state index is 12.3. The van der Waals surface area contributed by atoms with Crippen molar-refractivity contribution >= 4 is 21.4 Å². The highest BCUT2D eigenvalue weighted by molar-refractivity contribution is 7.19. The Morgan fingerprint density at radius 1 is 1.04 bits per heavy atom. The second-order valence-corrected chi connectivity index (χ2v) is 6.82. The molecule has 0 aliphatic rings. The highest BCUT2D eigenvalue weighted by Crippen LogP contribution is 2.38. The zero-order valence-corrected chi connectivity index (χ0v) is 14.7. The minimum Gasteiger partial charge on any atom is -0.496 e. The lowest BCUT2D eigenvalue weighted by atomic mass is 10.0. The molecule has 3 aromatic rings. The molecule has 0 radical (unpaired) electrons. The van der Waals surface area contributed by atoms with Crippen LogP contribution in [0.5, 0.6) is 11.5 Å². The van der Waals surface area contributed by atoms with Crippen molar-refractivity contribution in [3.05, 3.63) is 45.2 Å². The van der Waals surface area contributed by atoms with Gasteiger partial charge in [-0.25, -0.2) is 0 Å². The van der Waals surface area contributed by atoms with Crippen molar-refractivity contribution in [3.8, 4) is 22.6 Å². The Balaban J connectivity index is 2.37.